The van der Waals surface area contributed by atoms with Gasteiger partial charge in [0.2, 0.25) is 11.0 Å². The van der Waals surface area contributed by atoms with Gasteiger partial charge in [0.15, 0.2) is 10.1 Å². The van der Waals surface area contributed by atoms with Crippen LogP contribution in [0, 0.1) is 0 Å². The Morgan fingerprint density at radius 3 is 2.85 bits per heavy atom. The first-order valence-electron chi connectivity index (χ1n) is 9.01. The molecule has 0 spiro atoms. The predicted molar refractivity (Wildman–Crippen MR) is 109 cm³/mol. The van der Waals surface area contributed by atoms with Crippen molar-refractivity contribution in [3.63, 3.8) is 0 Å². The van der Waals surface area contributed by atoms with Gasteiger partial charge in [0, 0.05) is 35.1 Å². The molecule has 27 heavy (non-hydrogen) atoms. The van der Waals surface area contributed by atoms with E-state index in [2.05, 4.69) is 15.2 Å². The Kier molecular flexibility index (Phi) is 5.01. The number of carbonyl (C=O) groups is 2. The zero-order valence-electron chi connectivity index (χ0n) is 15.1. The molecule has 6 nitrogen and oxygen atoms in total. The normalized spacial score (nSPS) is 15.0. The molecule has 1 aliphatic rings. The average Bonchev–Trinajstić information content (AvgIpc) is 3.25. The number of fused-ring (bicyclic) bond motifs is 1. The molecule has 1 N–H and O–H groups in total. The maximum atomic E-state index is 12.9. The first kappa shape index (κ1) is 18.2. The molecule has 1 aromatic carbocycles. The van der Waals surface area contributed by atoms with Crippen molar-refractivity contribution in [3.8, 4) is 0 Å². The summed E-state index contributed by atoms with van der Waals surface area (Å²) >= 11 is 2.78. The van der Waals surface area contributed by atoms with E-state index >= 15 is 0 Å². The van der Waals surface area contributed by atoms with Crippen molar-refractivity contribution in [1.82, 2.24) is 15.2 Å². The molecular weight excluding hydrogens is 380 g/mol. The molecule has 2 heterocycles. The van der Waals surface area contributed by atoms with Crippen LogP contribution in [-0.2, 0) is 4.79 Å². The van der Waals surface area contributed by atoms with Gasteiger partial charge in [-0.15, -0.1) is 10.2 Å². The van der Waals surface area contributed by atoms with Crippen LogP contribution in [0.4, 0.5) is 5.13 Å². The van der Waals surface area contributed by atoms with Gasteiger partial charge in [-0.2, -0.15) is 0 Å². The van der Waals surface area contributed by atoms with Gasteiger partial charge in [-0.05, 0) is 25.8 Å². The Morgan fingerprint density at radius 2 is 2.11 bits per heavy atom. The van der Waals surface area contributed by atoms with Crippen molar-refractivity contribution in [2.24, 2.45) is 0 Å². The number of benzene rings is 1. The number of rotatable bonds is 7. The van der Waals surface area contributed by atoms with Crippen molar-refractivity contribution >= 4 is 50.8 Å². The molecule has 0 aliphatic heterocycles. The van der Waals surface area contributed by atoms with Gasteiger partial charge in [-0.25, -0.2) is 0 Å². The third-order valence-corrected chi connectivity index (χ3v) is 6.69. The van der Waals surface area contributed by atoms with Gasteiger partial charge in [0.1, 0.15) is 0 Å². The van der Waals surface area contributed by atoms with Crippen LogP contribution in [0.5, 0.6) is 0 Å². The zero-order chi connectivity index (χ0) is 19.0. The van der Waals surface area contributed by atoms with E-state index in [1.807, 2.05) is 38.1 Å². The molecule has 1 aliphatic carbocycles. The monoisotopic (exact) mass is 400 g/mol. The molecule has 0 bridgehead atoms. The summed E-state index contributed by atoms with van der Waals surface area (Å²) in [5.41, 5.74) is 1.64. The smallest absolute Gasteiger partial charge is 0.228 e. The number of hydrogen-bond acceptors (Lipinski definition) is 6. The molecule has 1 unspecified atom stereocenters. The Morgan fingerprint density at radius 1 is 1.33 bits per heavy atom. The fraction of sp³-hybridized carbons (Fsp3) is 0.368. The van der Waals surface area contributed by atoms with Crippen molar-refractivity contribution in [1.29, 1.82) is 0 Å². The molecule has 3 aromatic rings. The number of aromatic nitrogens is 3. The third kappa shape index (κ3) is 3.64. The Labute approximate surface area is 165 Å². The van der Waals surface area contributed by atoms with Crippen molar-refractivity contribution in [2.75, 3.05) is 4.90 Å². The predicted octanol–water partition coefficient (Wildman–Crippen LogP) is 4.29. The van der Waals surface area contributed by atoms with E-state index in [1.54, 1.807) is 11.1 Å². The topological polar surface area (TPSA) is 79.0 Å². The molecule has 8 heteroatoms. The second-order valence-electron chi connectivity index (χ2n) is 6.57. The molecule has 0 radical (unpaired) electrons. The van der Waals surface area contributed by atoms with Gasteiger partial charge in [-0.1, -0.05) is 48.2 Å². The van der Waals surface area contributed by atoms with Gasteiger partial charge in [0.05, 0.1) is 5.25 Å². The summed E-state index contributed by atoms with van der Waals surface area (Å²) in [6, 6.07) is 8.03. The number of ketones is 1. The number of H-pyrrole nitrogens is 1. The number of hydrogen-bond donors (Lipinski definition) is 1. The van der Waals surface area contributed by atoms with E-state index in [-0.39, 0.29) is 23.0 Å². The first-order chi connectivity index (χ1) is 13.1. The number of anilines is 1. The summed E-state index contributed by atoms with van der Waals surface area (Å²) in [6.07, 6.45) is 4.25. The molecule has 140 valence electrons. The van der Waals surface area contributed by atoms with Crippen LogP contribution in [0.25, 0.3) is 10.9 Å². The second kappa shape index (κ2) is 7.44. The van der Waals surface area contributed by atoms with Gasteiger partial charge in [0.25, 0.3) is 0 Å². The van der Waals surface area contributed by atoms with E-state index in [1.165, 1.54) is 23.1 Å². The summed E-state index contributed by atoms with van der Waals surface area (Å²) in [5.74, 6) is 0.131. The standard InChI is InChI=1S/C19H20N4O2S2/c1-3-16(24)23(12-8-9-12)18-21-22-19(27-18)26-11(2)17(25)14-10-20-15-7-5-4-6-13(14)15/h4-7,10-12,20H,3,8-9H2,1-2H3. The summed E-state index contributed by atoms with van der Waals surface area (Å²) in [7, 11) is 0. The average molecular weight is 401 g/mol. The van der Waals surface area contributed by atoms with Crippen molar-refractivity contribution in [2.45, 2.75) is 48.7 Å². The minimum atomic E-state index is -0.291. The highest BCUT2D eigenvalue weighted by atomic mass is 32.2. The minimum absolute atomic E-state index is 0.0536. The Bertz CT molecular complexity index is 992. The van der Waals surface area contributed by atoms with Crippen LogP contribution < -0.4 is 4.90 Å². The van der Waals surface area contributed by atoms with E-state index in [0.29, 0.717) is 21.5 Å². The highest BCUT2D eigenvalue weighted by molar-refractivity contribution is 8.02. The highest BCUT2D eigenvalue weighted by Gasteiger charge is 2.35. The lowest BCUT2D eigenvalue weighted by Gasteiger charge is -2.17. The molecule has 1 atom stereocenters. The number of amides is 1. The van der Waals surface area contributed by atoms with Crippen LogP contribution in [0.1, 0.15) is 43.5 Å². The molecule has 1 fully saturated rings. The van der Waals surface area contributed by atoms with E-state index in [9.17, 15) is 9.59 Å². The fourth-order valence-corrected chi connectivity index (χ4v) is 5.16. The van der Waals surface area contributed by atoms with Gasteiger partial charge < -0.3 is 4.98 Å². The van der Waals surface area contributed by atoms with Crippen molar-refractivity contribution < 1.29 is 9.59 Å². The van der Waals surface area contributed by atoms with Gasteiger partial charge >= 0.3 is 0 Å². The number of thioether (sulfide) groups is 1. The number of para-hydroxylation sites is 1. The number of nitrogens with one attached hydrogen (secondary N) is 1. The lowest BCUT2D eigenvalue weighted by Crippen LogP contribution is -2.32. The molecule has 1 saturated carbocycles. The molecule has 0 saturated heterocycles. The van der Waals surface area contributed by atoms with Crippen LogP contribution in [0.2, 0.25) is 0 Å². The molecule has 4 rings (SSSR count). The van der Waals surface area contributed by atoms with Crippen LogP contribution in [0.3, 0.4) is 0 Å². The number of Topliss-reactive ketones (excluding diaryl/α,β-unsaturated/α-hetero) is 1. The molecule has 1 amide bonds. The SMILES string of the molecule is CCC(=O)N(c1nnc(SC(C)C(=O)c2c[nH]c3ccccc23)s1)C1CC1. The van der Waals surface area contributed by atoms with Crippen LogP contribution in [-0.4, -0.2) is 38.2 Å². The number of aromatic amines is 1. The summed E-state index contributed by atoms with van der Waals surface area (Å²) in [4.78, 5) is 30.0. The highest BCUT2D eigenvalue weighted by Crippen LogP contribution is 2.37. The van der Waals surface area contributed by atoms with E-state index in [0.717, 1.165) is 23.7 Å². The summed E-state index contributed by atoms with van der Waals surface area (Å²) in [5, 5.41) is 9.69. The Balaban J connectivity index is 1.50. The second-order valence-corrected chi connectivity index (χ2v) is 9.12. The summed E-state index contributed by atoms with van der Waals surface area (Å²) < 4.78 is 0.709. The van der Waals surface area contributed by atoms with Crippen LogP contribution in [0.15, 0.2) is 34.8 Å². The lowest BCUT2D eigenvalue weighted by atomic mass is 10.1. The maximum absolute atomic E-state index is 12.9. The van der Waals surface area contributed by atoms with Crippen LogP contribution >= 0.6 is 23.1 Å². The number of nitrogens with zero attached hydrogens (tertiary/aromatic N) is 3. The fourth-order valence-electron chi connectivity index (χ4n) is 3.02. The zero-order valence-corrected chi connectivity index (χ0v) is 16.8. The third-order valence-electron chi connectivity index (χ3n) is 4.59. The van der Waals surface area contributed by atoms with Crippen molar-refractivity contribution in [3.05, 3.63) is 36.0 Å². The number of carbonyl (C=O) groups excluding carboxylic acids is 2. The molecular formula is C19H20N4O2S2. The van der Waals surface area contributed by atoms with Gasteiger partial charge in [-0.3, -0.25) is 14.5 Å². The molecule has 2 aromatic heterocycles. The first-order valence-corrected chi connectivity index (χ1v) is 10.7. The maximum Gasteiger partial charge on any atom is 0.228 e. The van der Waals surface area contributed by atoms with E-state index < -0.39 is 0 Å². The van der Waals surface area contributed by atoms with E-state index in [4.69, 9.17) is 0 Å². The lowest BCUT2D eigenvalue weighted by molar-refractivity contribution is -0.118. The largest absolute Gasteiger partial charge is 0.360 e. The Hall–Kier alpha value is -2.19. The minimum Gasteiger partial charge on any atom is -0.360 e. The quantitative estimate of drug-likeness (QED) is 0.364. The summed E-state index contributed by atoms with van der Waals surface area (Å²) in [6.45, 7) is 3.74.